The van der Waals surface area contributed by atoms with Crippen molar-refractivity contribution >= 4 is 21.6 Å². The van der Waals surface area contributed by atoms with Gasteiger partial charge in [-0.1, -0.05) is 15.9 Å². The van der Waals surface area contributed by atoms with Gasteiger partial charge in [-0.2, -0.15) is 0 Å². The zero-order valence-corrected chi connectivity index (χ0v) is 10.9. The number of nitrogens with one attached hydrogen (secondary N) is 1. The van der Waals surface area contributed by atoms with Crippen molar-refractivity contribution in [2.24, 2.45) is 0 Å². The van der Waals surface area contributed by atoms with Crippen LogP contribution < -0.4 is 10.2 Å². The van der Waals surface area contributed by atoms with Crippen LogP contribution in [0.15, 0.2) is 28.7 Å². The number of anilines is 1. The van der Waals surface area contributed by atoms with Crippen molar-refractivity contribution < 1.29 is 5.11 Å². The highest BCUT2D eigenvalue weighted by molar-refractivity contribution is 9.10. The fraction of sp³-hybridized carbons (Fsp3) is 0.500. The number of halogens is 1. The van der Waals surface area contributed by atoms with Crippen LogP contribution in [-0.4, -0.2) is 36.9 Å². The third kappa shape index (κ3) is 2.97. The van der Waals surface area contributed by atoms with Crippen molar-refractivity contribution in [2.75, 3.05) is 24.5 Å². The molecule has 2 atom stereocenters. The molecule has 0 amide bonds. The Morgan fingerprint density at radius 3 is 2.69 bits per heavy atom. The Balaban J connectivity index is 2.14. The molecular formula is C12H17BrN2O. The van der Waals surface area contributed by atoms with E-state index in [0.29, 0.717) is 19.1 Å². The maximum absolute atomic E-state index is 9.78. The minimum absolute atomic E-state index is 0.298. The average Bonchev–Trinajstić information content (AvgIpc) is 2.42. The van der Waals surface area contributed by atoms with E-state index in [1.807, 2.05) is 12.1 Å². The Morgan fingerprint density at radius 1 is 1.31 bits per heavy atom. The Kier molecular flexibility index (Phi) is 3.84. The standard InChI is InChI=1S/C12H17BrN2O/c1-9-7-15(8-12(16)6-14-9)11-4-2-10(13)3-5-11/h2-5,9,12,14,16H,6-8H2,1H3. The van der Waals surface area contributed by atoms with Crippen molar-refractivity contribution in [1.82, 2.24) is 5.32 Å². The van der Waals surface area contributed by atoms with Crippen molar-refractivity contribution in [1.29, 1.82) is 0 Å². The van der Waals surface area contributed by atoms with Crippen LogP contribution in [0.25, 0.3) is 0 Å². The maximum Gasteiger partial charge on any atom is 0.0839 e. The van der Waals surface area contributed by atoms with Gasteiger partial charge in [0.25, 0.3) is 0 Å². The second-order valence-electron chi connectivity index (χ2n) is 4.34. The predicted molar refractivity (Wildman–Crippen MR) is 69.8 cm³/mol. The molecule has 0 radical (unpaired) electrons. The van der Waals surface area contributed by atoms with E-state index in [2.05, 4.69) is 45.2 Å². The first-order valence-electron chi connectivity index (χ1n) is 5.57. The minimum Gasteiger partial charge on any atom is -0.390 e. The van der Waals surface area contributed by atoms with Gasteiger partial charge >= 0.3 is 0 Å². The molecule has 2 rings (SSSR count). The summed E-state index contributed by atoms with van der Waals surface area (Å²) in [5.41, 5.74) is 1.16. The van der Waals surface area contributed by atoms with Crippen molar-refractivity contribution in [3.05, 3.63) is 28.7 Å². The number of benzene rings is 1. The van der Waals surface area contributed by atoms with Gasteiger partial charge < -0.3 is 15.3 Å². The number of nitrogens with zero attached hydrogens (tertiary/aromatic N) is 1. The fourth-order valence-electron chi connectivity index (χ4n) is 1.99. The molecule has 0 bridgehead atoms. The molecule has 1 aromatic carbocycles. The van der Waals surface area contributed by atoms with E-state index in [0.717, 1.165) is 16.7 Å². The van der Waals surface area contributed by atoms with Crippen LogP contribution in [0.5, 0.6) is 0 Å². The van der Waals surface area contributed by atoms with Gasteiger partial charge in [-0.05, 0) is 31.2 Å². The van der Waals surface area contributed by atoms with E-state index in [1.165, 1.54) is 0 Å². The lowest BCUT2D eigenvalue weighted by atomic mass is 10.2. The highest BCUT2D eigenvalue weighted by atomic mass is 79.9. The SMILES string of the molecule is CC1CN(c2ccc(Br)cc2)CC(O)CN1. The Labute approximate surface area is 105 Å². The summed E-state index contributed by atoms with van der Waals surface area (Å²) in [7, 11) is 0. The molecule has 1 fully saturated rings. The van der Waals surface area contributed by atoms with Crippen LogP contribution in [0.4, 0.5) is 5.69 Å². The summed E-state index contributed by atoms with van der Waals surface area (Å²) in [5, 5.41) is 13.1. The lowest BCUT2D eigenvalue weighted by Crippen LogP contribution is -2.35. The van der Waals surface area contributed by atoms with Gasteiger partial charge in [0.05, 0.1) is 6.10 Å². The third-order valence-electron chi connectivity index (χ3n) is 2.82. The van der Waals surface area contributed by atoms with E-state index in [9.17, 15) is 5.11 Å². The number of aliphatic hydroxyl groups is 1. The van der Waals surface area contributed by atoms with Crippen molar-refractivity contribution in [2.45, 2.75) is 19.1 Å². The molecule has 3 nitrogen and oxygen atoms in total. The lowest BCUT2D eigenvalue weighted by Gasteiger charge is -2.25. The molecule has 1 aliphatic rings. The molecular weight excluding hydrogens is 268 g/mol. The first-order valence-corrected chi connectivity index (χ1v) is 6.36. The van der Waals surface area contributed by atoms with Crippen LogP contribution in [0.1, 0.15) is 6.92 Å². The summed E-state index contributed by atoms with van der Waals surface area (Å²) in [5.74, 6) is 0. The van der Waals surface area contributed by atoms with Gasteiger partial charge in [-0.15, -0.1) is 0 Å². The van der Waals surface area contributed by atoms with Gasteiger partial charge in [0, 0.05) is 35.8 Å². The molecule has 1 aromatic rings. The van der Waals surface area contributed by atoms with Gasteiger partial charge in [0.2, 0.25) is 0 Å². The molecule has 1 saturated heterocycles. The normalized spacial score (nSPS) is 26.6. The molecule has 2 unspecified atom stereocenters. The fourth-order valence-corrected chi connectivity index (χ4v) is 2.25. The number of β-amino-alcohol motifs (C(OH)–C–C–N with tert-alkyl or cyclic N) is 1. The second kappa shape index (κ2) is 5.17. The molecule has 0 spiro atoms. The number of hydrogen-bond acceptors (Lipinski definition) is 3. The van der Waals surface area contributed by atoms with Crippen molar-refractivity contribution in [3.63, 3.8) is 0 Å². The van der Waals surface area contributed by atoms with E-state index in [4.69, 9.17) is 0 Å². The topological polar surface area (TPSA) is 35.5 Å². The molecule has 4 heteroatoms. The largest absolute Gasteiger partial charge is 0.390 e. The molecule has 0 saturated carbocycles. The van der Waals surface area contributed by atoms with Crippen molar-refractivity contribution in [3.8, 4) is 0 Å². The van der Waals surface area contributed by atoms with Gasteiger partial charge in [0.1, 0.15) is 0 Å². The first-order chi connectivity index (χ1) is 7.65. The Hall–Kier alpha value is -0.580. The smallest absolute Gasteiger partial charge is 0.0839 e. The molecule has 16 heavy (non-hydrogen) atoms. The second-order valence-corrected chi connectivity index (χ2v) is 5.26. The minimum atomic E-state index is -0.298. The van der Waals surface area contributed by atoms with Gasteiger partial charge in [-0.3, -0.25) is 0 Å². The summed E-state index contributed by atoms with van der Waals surface area (Å²) < 4.78 is 1.08. The molecule has 88 valence electrons. The molecule has 2 N–H and O–H groups in total. The maximum atomic E-state index is 9.78. The van der Waals surface area contributed by atoms with Gasteiger partial charge in [0.15, 0.2) is 0 Å². The zero-order chi connectivity index (χ0) is 11.5. The molecule has 1 aliphatic heterocycles. The van der Waals surface area contributed by atoms with Crippen LogP contribution >= 0.6 is 15.9 Å². The third-order valence-corrected chi connectivity index (χ3v) is 3.35. The summed E-state index contributed by atoms with van der Waals surface area (Å²) in [6, 6.07) is 8.62. The molecule has 0 aliphatic carbocycles. The summed E-state index contributed by atoms with van der Waals surface area (Å²) in [6.07, 6.45) is -0.298. The zero-order valence-electron chi connectivity index (χ0n) is 9.36. The van der Waals surface area contributed by atoms with Crippen LogP contribution in [0.3, 0.4) is 0 Å². The average molecular weight is 285 g/mol. The lowest BCUT2D eigenvalue weighted by molar-refractivity contribution is 0.183. The van der Waals surface area contributed by atoms with E-state index in [-0.39, 0.29) is 6.10 Å². The molecule has 0 aromatic heterocycles. The number of hydrogen-bond donors (Lipinski definition) is 2. The monoisotopic (exact) mass is 284 g/mol. The Bertz CT molecular complexity index is 329. The highest BCUT2D eigenvalue weighted by Crippen LogP contribution is 2.19. The quantitative estimate of drug-likeness (QED) is 0.823. The Morgan fingerprint density at radius 2 is 2.00 bits per heavy atom. The van der Waals surface area contributed by atoms with E-state index < -0.39 is 0 Å². The van der Waals surface area contributed by atoms with Crippen LogP contribution in [0, 0.1) is 0 Å². The van der Waals surface area contributed by atoms with E-state index >= 15 is 0 Å². The van der Waals surface area contributed by atoms with Crippen LogP contribution in [-0.2, 0) is 0 Å². The predicted octanol–water partition coefficient (Wildman–Crippen LogP) is 1.61. The highest BCUT2D eigenvalue weighted by Gasteiger charge is 2.19. The van der Waals surface area contributed by atoms with Gasteiger partial charge in [-0.25, -0.2) is 0 Å². The summed E-state index contributed by atoms with van der Waals surface area (Å²) >= 11 is 3.43. The number of aliphatic hydroxyl groups excluding tert-OH is 1. The summed E-state index contributed by atoms with van der Waals surface area (Å²) in [6.45, 7) is 4.44. The van der Waals surface area contributed by atoms with E-state index in [1.54, 1.807) is 0 Å². The van der Waals surface area contributed by atoms with Crippen LogP contribution in [0.2, 0.25) is 0 Å². The number of rotatable bonds is 1. The first kappa shape index (κ1) is 11.9. The summed E-state index contributed by atoms with van der Waals surface area (Å²) in [4.78, 5) is 2.22. The molecule has 1 heterocycles.